The second-order valence-electron chi connectivity index (χ2n) is 5.64. The fourth-order valence-corrected chi connectivity index (χ4v) is 2.46. The zero-order chi connectivity index (χ0) is 20.4. The van der Waals surface area contributed by atoms with Gasteiger partial charge in [-0.25, -0.2) is 9.48 Å². The van der Waals surface area contributed by atoms with Gasteiger partial charge in [-0.1, -0.05) is 18.2 Å². The Morgan fingerprint density at radius 2 is 1.81 bits per heavy atom. The third kappa shape index (κ3) is 3.66. The molecule has 0 saturated heterocycles. The van der Waals surface area contributed by atoms with Crippen LogP contribution < -0.4 is 16.4 Å². The van der Waals surface area contributed by atoms with Crippen LogP contribution in [0.1, 0.15) is 12.6 Å². The molecule has 1 amide bonds. The lowest BCUT2D eigenvalue weighted by molar-refractivity contribution is -0.206. The first-order chi connectivity index (χ1) is 12.5. The van der Waals surface area contributed by atoms with Gasteiger partial charge in [0.2, 0.25) is 5.91 Å². The summed E-state index contributed by atoms with van der Waals surface area (Å²) in [4.78, 5) is 23.4. The third-order valence-corrected chi connectivity index (χ3v) is 3.69. The van der Waals surface area contributed by atoms with Crippen LogP contribution in [0.3, 0.4) is 0 Å². The summed E-state index contributed by atoms with van der Waals surface area (Å²) >= 11 is 0. The SMILES string of the molecule is COC(=O)C(NC(C)=O)(Nc1c(C)nn(-c2ccccc2)c1N)C(F)(F)F. The molecule has 1 heterocycles. The number of aryl methyl sites for hydroxylation is 1. The molecule has 1 unspecified atom stereocenters. The normalized spacial score (nSPS) is 13.6. The van der Waals surface area contributed by atoms with Crippen molar-refractivity contribution >= 4 is 23.4 Å². The molecular formula is C16H18F3N5O3. The predicted molar refractivity (Wildman–Crippen MR) is 91.0 cm³/mol. The first kappa shape index (κ1) is 20.1. The summed E-state index contributed by atoms with van der Waals surface area (Å²) in [6.45, 7) is 2.25. The number of anilines is 2. The molecule has 4 N–H and O–H groups in total. The van der Waals surface area contributed by atoms with Gasteiger partial charge in [-0.2, -0.15) is 18.3 Å². The maximum Gasteiger partial charge on any atom is 0.441 e. The van der Waals surface area contributed by atoms with Crippen LogP contribution in [0.15, 0.2) is 30.3 Å². The Labute approximate surface area is 152 Å². The van der Waals surface area contributed by atoms with E-state index in [1.54, 1.807) is 35.6 Å². The number of nitrogens with zero attached hydrogens (tertiary/aromatic N) is 2. The average molecular weight is 385 g/mol. The molecule has 0 radical (unpaired) electrons. The van der Waals surface area contributed by atoms with Crippen molar-refractivity contribution in [1.29, 1.82) is 0 Å². The summed E-state index contributed by atoms with van der Waals surface area (Å²) in [6, 6.07) is 8.45. The lowest BCUT2D eigenvalue weighted by Gasteiger charge is -2.34. The molecule has 2 aromatic rings. The van der Waals surface area contributed by atoms with E-state index in [0.29, 0.717) is 5.69 Å². The molecular weight excluding hydrogens is 367 g/mol. The fourth-order valence-electron chi connectivity index (χ4n) is 2.46. The van der Waals surface area contributed by atoms with Gasteiger partial charge in [0.25, 0.3) is 0 Å². The number of nitrogens with two attached hydrogens (primary N) is 1. The third-order valence-electron chi connectivity index (χ3n) is 3.69. The summed E-state index contributed by atoms with van der Waals surface area (Å²) in [6.07, 6.45) is -5.24. The Kier molecular flexibility index (Phi) is 5.33. The van der Waals surface area contributed by atoms with Crippen molar-refractivity contribution in [3.63, 3.8) is 0 Å². The Hall–Kier alpha value is -3.24. The number of methoxy groups -OCH3 is 1. The maximum absolute atomic E-state index is 13.8. The molecule has 0 saturated carbocycles. The van der Waals surface area contributed by atoms with Gasteiger partial charge in [0.05, 0.1) is 18.5 Å². The lowest BCUT2D eigenvalue weighted by atomic mass is 10.1. The first-order valence-electron chi connectivity index (χ1n) is 7.66. The number of carbonyl (C=O) groups is 2. The number of halogens is 3. The highest BCUT2D eigenvalue weighted by Crippen LogP contribution is 2.36. The van der Waals surface area contributed by atoms with Gasteiger partial charge >= 0.3 is 17.8 Å². The number of carbonyl (C=O) groups excluding carboxylic acids is 2. The fraction of sp³-hybridized carbons (Fsp3) is 0.312. The van der Waals surface area contributed by atoms with Crippen LogP contribution in [0.25, 0.3) is 5.69 Å². The van der Waals surface area contributed by atoms with Gasteiger partial charge in [-0.15, -0.1) is 0 Å². The largest absolute Gasteiger partial charge is 0.466 e. The molecule has 8 nitrogen and oxygen atoms in total. The standard InChI is InChI=1S/C16H18F3N5O3/c1-9-12(13(20)24(23-9)11-7-5-4-6-8-11)22-15(14(26)27-3,16(17,18)19)21-10(2)25/h4-8,22H,20H2,1-3H3,(H,21,25). The summed E-state index contributed by atoms with van der Waals surface area (Å²) < 4.78 is 46.9. The van der Waals surface area contributed by atoms with E-state index in [1.165, 1.54) is 11.6 Å². The van der Waals surface area contributed by atoms with Crippen LogP contribution in [-0.4, -0.2) is 40.6 Å². The molecule has 2 rings (SSSR count). The van der Waals surface area contributed by atoms with E-state index in [-0.39, 0.29) is 17.2 Å². The smallest absolute Gasteiger partial charge is 0.441 e. The molecule has 0 aliphatic carbocycles. The minimum absolute atomic E-state index is 0.0826. The Morgan fingerprint density at radius 1 is 1.22 bits per heavy atom. The van der Waals surface area contributed by atoms with Crippen molar-refractivity contribution in [2.75, 3.05) is 18.2 Å². The summed E-state index contributed by atoms with van der Waals surface area (Å²) in [7, 11) is 0.774. The molecule has 1 atom stereocenters. The lowest BCUT2D eigenvalue weighted by Crippen LogP contribution is -2.69. The summed E-state index contributed by atoms with van der Waals surface area (Å²) in [5, 5.41) is 7.70. The molecule has 1 aromatic carbocycles. The first-order valence-corrected chi connectivity index (χ1v) is 7.66. The molecule has 27 heavy (non-hydrogen) atoms. The quantitative estimate of drug-likeness (QED) is 0.534. The number of para-hydroxylation sites is 1. The molecule has 11 heteroatoms. The number of nitrogens with one attached hydrogen (secondary N) is 2. The van der Waals surface area contributed by atoms with E-state index in [2.05, 4.69) is 9.84 Å². The van der Waals surface area contributed by atoms with Crippen molar-refractivity contribution in [1.82, 2.24) is 15.1 Å². The topological polar surface area (TPSA) is 111 Å². The minimum atomic E-state index is -5.24. The number of hydrogen-bond acceptors (Lipinski definition) is 6. The van der Waals surface area contributed by atoms with Gasteiger partial charge in [0.1, 0.15) is 5.69 Å². The average Bonchev–Trinajstić information content (AvgIpc) is 2.87. The highest BCUT2D eigenvalue weighted by molar-refractivity contribution is 5.91. The van der Waals surface area contributed by atoms with E-state index in [4.69, 9.17) is 5.73 Å². The zero-order valence-electron chi connectivity index (χ0n) is 14.7. The molecule has 0 aliphatic rings. The summed E-state index contributed by atoms with van der Waals surface area (Å²) in [5.74, 6) is -3.03. The highest BCUT2D eigenvalue weighted by atomic mass is 19.4. The Morgan fingerprint density at radius 3 is 2.30 bits per heavy atom. The van der Waals surface area contributed by atoms with E-state index in [9.17, 15) is 22.8 Å². The number of benzene rings is 1. The molecule has 0 fully saturated rings. The Balaban J connectivity index is 2.60. The van der Waals surface area contributed by atoms with Gasteiger partial charge in [0, 0.05) is 6.92 Å². The van der Waals surface area contributed by atoms with Gasteiger partial charge in [-0.3, -0.25) is 4.79 Å². The maximum atomic E-state index is 13.8. The van der Waals surface area contributed by atoms with Crippen LogP contribution in [-0.2, 0) is 14.3 Å². The van der Waals surface area contributed by atoms with Crippen molar-refractivity contribution in [3.05, 3.63) is 36.0 Å². The van der Waals surface area contributed by atoms with Crippen molar-refractivity contribution < 1.29 is 27.5 Å². The van der Waals surface area contributed by atoms with E-state index in [1.807, 2.05) is 5.32 Å². The molecule has 146 valence electrons. The highest BCUT2D eigenvalue weighted by Gasteiger charge is 2.63. The van der Waals surface area contributed by atoms with E-state index >= 15 is 0 Å². The minimum Gasteiger partial charge on any atom is -0.466 e. The predicted octanol–water partition coefficient (Wildman–Crippen LogP) is 1.74. The molecule has 0 spiro atoms. The summed E-state index contributed by atoms with van der Waals surface area (Å²) in [5.41, 5.74) is 2.75. The van der Waals surface area contributed by atoms with Gasteiger partial charge < -0.3 is 21.1 Å². The number of aromatic nitrogens is 2. The van der Waals surface area contributed by atoms with Crippen molar-refractivity contribution in [2.24, 2.45) is 0 Å². The van der Waals surface area contributed by atoms with E-state index < -0.39 is 23.7 Å². The van der Waals surface area contributed by atoms with Gasteiger partial charge in [0.15, 0.2) is 5.82 Å². The number of amides is 1. The van der Waals surface area contributed by atoms with Crippen molar-refractivity contribution in [2.45, 2.75) is 25.7 Å². The van der Waals surface area contributed by atoms with Crippen LogP contribution in [0.2, 0.25) is 0 Å². The number of nitrogen functional groups attached to an aromatic ring is 1. The van der Waals surface area contributed by atoms with Crippen LogP contribution in [0.5, 0.6) is 0 Å². The van der Waals surface area contributed by atoms with Gasteiger partial charge in [-0.05, 0) is 19.1 Å². The Bertz CT molecular complexity index is 851. The number of rotatable bonds is 5. The molecule has 1 aromatic heterocycles. The molecule has 0 aliphatic heterocycles. The van der Waals surface area contributed by atoms with Crippen LogP contribution in [0, 0.1) is 6.92 Å². The van der Waals surface area contributed by atoms with Crippen molar-refractivity contribution in [3.8, 4) is 5.69 Å². The number of ether oxygens (including phenoxy) is 1. The zero-order valence-corrected chi connectivity index (χ0v) is 14.7. The monoisotopic (exact) mass is 385 g/mol. The second-order valence-corrected chi connectivity index (χ2v) is 5.64. The number of hydrogen-bond donors (Lipinski definition) is 3. The van der Waals surface area contributed by atoms with E-state index in [0.717, 1.165) is 14.0 Å². The van der Waals surface area contributed by atoms with Crippen LogP contribution >= 0.6 is 0 Å². The number of alkyl halides is 3. The van der Waals surface area contributed by atoms with Crippen LogP contribution in [0.4, 0.5) is 24.7 Å². The number of esters is 1. The molecule has 0 bridgehead atoms. The second kappa shape index (κ2) is 7.17.